The van der Waals surface area contributed by atoms with Crippen molar-refractivity contribution in [2.24, 2.45) is 0 Å². The molecule has 0 fully saturated rings. The van der Waals surface area contributed by atoms with Crippen LogP contribution >= 0.6 is 23.2 Å². The predicted octanol–water partition coefficient (Wildman–Crippen LogP) is 4.63. The largest absolute Gasteiger partial charge is 0.491 e. The molecule has 0 radical (unpaired) electrons. The van der Waals surface area contributed by atoms with Crippen LogP contribution in [0.15, 0.2) is 42.5 Å². The second-order valence-electron chi connectivity index (χ2n) is 4.42. The van der Waals surface area contributed by atoms with Crippen LogP contribution in [-0.2, 0) is 11.3 Å². The lowest BCUT2D eigenvalue weighted by molar-refractivity contribution is 0.146. The average Bonchev–Trinajstić information content (AvgIpc) is 2.48. The van der Waals surface area contributed by atoms with Crippen molar-refractivity contribution in [1.82, 2.24) is 0 Å². The van der Waals surface area contributed by atoms with Gasteiger partial charge in [-0.2, -0.15) is 0 Å². The Morgan fingerprint density at radius 2 is 1.62 bits per heavy atom. The summed E-state index contributed by atoms with van der Waals surface area (Å²) >= 11 is 12.3. The molecule has 0 atom stereocenters. The molecule has 0 heterocycles. The fourth-order valence-electron chi connectivity index (χ4n) is 1.80. The van der Waals surface area contributed by atoms with Gasteiger partial charge in [-0.3, -0.25) is 0 Å². The fourth-order valence-corrected chi connectivity index (χ4v) is 2.33. The summed E-state index contributed by atoms with van der Waals surface area (Å²) in [7, 11) is 1.65. The van der Waals surface area contributed by atoms with E-state index in [-0.39, 0.29) is 0 Å². The number of anilines is 1. The number of ether oxygens (including phenoxy) is 2. The Labute approximate surface area is 134 Å². The van der Waals surface area contributed by atoms with Crippen molar-refractivity contribution >= 4 is 28.9 Å². The third-order valence-corrected chi connectivity index (χ3v) is 3.65. The molecule has 0 saturated carbocycles. The number of nitrogens with one attached hydrogen (secondary N) is 1. The molecule has 0 aromatic heterocycles. The highest BCUT2D eigenvalue weighted by Gasteiger charge is 2.05. The minimum Gasteiger partial charge on any atom is -0.491 e. The van der Waals surface area contributed by atoms with E-state index in [1.54, 1.807) is 7.11 Å². The lowest BCUT2D eigenvalue weighted by Gasteiger charge is -2.11. The van der Waals surface area contributed by atoms with E-state index in [1.165, 1.54) is 0 Å². The summed E-state index contributed by atoms with van der Waals surface area (Å²) in [4.78, 5) is 0. The molecule has 3 nitrogen and oxygen atoms in total. The third kappa shape index (κ3) is 4.81. The van der Waals surface area contributed by atoms with Gasteiger partial charge >= 0.3 is 0 Å². The molecule has 2 rings (SSSR count). The minimum absolute atomic E-state index is 0.540. The van der Waals surface area contributed by atoms with Gasteiger partial charge in [0.1, 0.15) is 12.4 Å². The molecule has 2 aromatic rings. The summed E-state index contributed by atoms with van der Waals surface area (Å²) in [5.74, 6) is 0.813. The topological polar surface area (TPSA) is 30.5 Å². The van der Waals surface area contributed by atoms with Crippen molar-refractivity contribution in [3.8, 4) is 5.75 Å². The van der Waals surface area contributed by atoms with Gasteiger partial charge in [-0.15, -0.1) is 0 Å². The van der Waals surface area contributed by atoms with E-state index < -0.39 is 0 Å². The maximum atomic E-state index is 6.14. The van der Waals surface area contributed by atoms with E-state index in [9.17, 15) is 0 Å². The van der Waals surface area contributed by atoms with E-state index >= 15 is 0 Å². The van der Waals surface area contributed by atoms with Crippen LogP contribution in [0.2, 0.25) is 10.0 Å². The van der Waals surface area contributed by atoms with Crippen molar-refractivity contribution in [2.45, 2.75) is 6.54 Å². The first-order valence-electron chi connectivity index (χ1n) is 6.59. The predicted molar refractivity (Wildman–Crippen MR) is 87.6 cm³/mol. The lowest BCUT2D eigenvalue weighted by Crippen LogP contribution is -2.04. The Morgan fingerprint density at radius 1 is 0.952 bits per heavy atom. The van der Waals surface area contributed by atoms with Gasteiger partial charge < -0.3 is 14.8 Å². The monoisotopic (exact) mass is 325 g/mol. The van der Waals surface area contributed by atoms with Gasteiger partial charge in [0.25, 0.3) is 0 Å². The summed E-state index contributed by atoms with van der Waals surface area (Å²) in [6.07, 6.45) is 0. The molecule has 0 aliphatic carbocycles. The van der Waals surface area contributed by atoms with Gasteiger partial charge in [0, 0.05) is 35.0 Å². The number of halogens is 2. The molecule has 0 aliphatic rings. The fraction of sp³-hybridized carbons (Fsp3) is 0.250. The highest BCUT2D eigenvalue weighted by atomic mass is 35.5. The number of hydrogen-bond acceptors (Lipinski definition) is 3. The van der Waals surface area contributed by atoms with Gasteiger partial charge in [-0.1, -0.05) is 29.3 Å². The molecule has 0 unspecified atom stereocenters. The van der Waals surface area contributed by atoms with E-state index in [2.05, 4.69) is 5.32 Å². The van der Waals surface area contributed by atoms with E-state index in [0.29, 0.717) is 29.8 Å². The van der Waals surface area contributed by atoms with Crippen molar-refractivity contribution in [1.29, 1.82) is 0 Å². The summed E-state index contributed by atoms with van der Waals surface area (Å²) < 4.78 is 10.4. The first kappa shape index (κ1) is 16.0. The van der Waals surface area contributed by atoms with E-state index in [1.807, 2.05) is 42.5 Å². The molecule has 0 amide bonds. The highest BCUT2D eigenvalue weighted by Crippen LogP contribution is 2.25. The van der Waals surface area contributed by atoms with Crippen LogP contribution in [-0.4, -0.2) is 20.3 Å². The van der Waals surface area contributed by atoms with Crippen molar-refractivity contribution in [2.75, 3.05) is 25.6 Å². The van der Waals surface area contributed by atoms with Crippen LogP contribution < -0.4 is 10.1 Å². The summed E-state index contributed by atoms with van der Waals surface area (Å²) in [5, 5.41) is 4.61. The van der Waals surface area contributed by atoms with Crippen molar-refractivity contribution in [3.05, 3.63) is 58.1 Å². The maximum absolute atomic E-state index is 6.14. The summed E-state index contributed by atoms with van der Waals surface area (Å²) in [5.41, 5.74) is 1.87. The number of hydrogen-bond donors (Lipinski definition) is 1. The maximum Gasteiger partial charge on any atom is 0.119 e. The van der Waals surface area contributed by atoms with Gasteiger partial charge in [0.15, 0.2) is 0 Å². The SMILES string of the molecule is COCCOc1ccc(NCc2c(Cl)cccc2Cl)cc1. The van der Waals surface area contributed by atoms with Crippen LogP contribution in [0.1, 0.15) is 5.56 Å². The molecule has 0 saturated heterocycles. The van der Waals surface area contributed by atoms with Crippen LogP contribution in [0, 0.1) is 0 Å². The van der Waals surface area contributed by atoms with Crippen LogP contribution in [0.5, 0.6) is 5.75 Å². The Bertz CT molecular complexity index is 553. The highest BCUT2D eigenvalue weighted by molar-refractivity contribution is 6.36. The molecular weight excluding hydrogens is 309 g/mol. The van der Waals surface area contributed by atoms with E-state index in [4.69, 9.17) is 32.7 Å². The summed E-state index contributed by atoms with van der Waals surface area (Å²) in [6, 6.07) is 13.2. The minimum atomic E-state index is 0.540. The van der Waals surface area contributed by atoms with Crippen molar-refractivity contribution in [3.63, 3.8) is 0 Å². The second kappa shape index (κ2) is 8.13. The molecule has 2 aromatic carbocycles. The quantitative estimate of drug-likeness (QED) is 0.753. The number of rotatable bonds is 7. The molecule has 1 N–H and O–H groups in total. The first-order valence-corrected chi connectivity index (χ1v) is 7.35. The molecule has 5 heteroatoms. The van der Waals surface area contributed by atoms with Gasteiger partial charge in [0.05, 0.1) is 6.61 Å². The van der Waals surface area contributed by atoms with Crippen LogP contribution in [0.3, 0.4) is 0 Å². The van der Waals surface area contributed by atoms with Crippen LogP contribution in [0.25, 0.3) is 0 Å². The second-order valence-corrected chi connectivity index (χ2v) is 5.23. The number of benzene rings is 2. The summed E-state index contributed by atoms with van der Waals surface area (Å²) in [6.45, 7) is 1.69. The van der Waals surface area contributed by atoms with Gasteiger partial charge in [-0.25, -0.2) is 0 Å². The van der Waals surface area contributed by atoms with Gasteiger partial charge in [-0.05, 0) is 36.4 Å². The number of methoxy groups -OCH3 is 1. The zero-order valence-corrected chi connectivity index (χ0v) is 13.2. The van der Waals surface area contributed by atoms with Crippen molar-refractivity contribution < 1.29 is 9.47 Å². The Kier molecular flexibility index (Phi) is 6.18. The average molecular weight is 326 g/mol. The molecular formula is C16H17Cl2NO2. The zero-order valence-electron chi connectivity index (χ0n) is 11.7. The zero-order chi connectivity index (χ0) is 15.1. The Hall–Kier alpha value is -1.42. The molecule has 0 spiro atoms. The smallest absolute Gasteiger partial charge is 0.119 e. The third-order valence-electron chi connectivity index (χ3n) is 2.94. The van der Waals surface area contributed by atoms with E-state index in [0.717, 1.165) is 17.0 Å². The normalized spacial score (nSPS) is 10.4. The van der Waals surface area contributed by atoms with Gasteiger partial charge in [0.2, 0.25) is 0 Å². The standard InChI is InChI=1S/C16H17Cl2NO2/c1-20-9-10-21-13-7-5-12(6-8-13)19-11-14-15(17)3-2-4-16(14)18/h2-8,19H,9-11H2,1H3. The van der Waals surface area contributed by atoms with Crippen LogP contribution in [0.4, 0.5) is 5.69 Å². The lowest BCUT2D eigenvalue weighted by atomic mass is 10.2. The molecule has 112 valence electrons. The first-order chi connectivity index (χ1) is 10.2. The Balaban J connectivity index is 1.92. The molecule has 21 heavy (non-hydrogen) atoms. The Morgan fingerprint density at radius 3 is 2.24 bits per heavy atom. The molecule has 0 bridgehead atoms. The molecule has 0 aliphatic heterocycles.